The SMILES string of the molecule is COc1cc(Br)cc2cc(C(=O)Nc3cccc(Nc4nc(C)cc(C)n4)c3)oc12. The largest absolute Gasteiger partial charge is 0.493 e. The third-order valence-corrected chi connectivity index (χ3v) is 4.81. The summed E-state index contributed by atoms with van der Waals surface area (Å²) in [5.74, 6) is 0.894. The van der Waals surface area contributed by atoms with Crippen molar-refractivity contribution in [2.45, 2.75) is 13.8 Å². The topological polar surface area (TPSA) is 89.3 Å². The second-order valence-electron chi connectivity index (χ2n) is 6.77. The van der Waals surface area contributed by atoms with E-state index in [4.69, 9.17) is 9.15 Å². The quantitative estimate of drug-likeness (QED) is 0.397. The number of hydrogen-bond acceptors (Lipinski definition) is 6. The van der Waals surface area contributed by atoms with Crippen LogP contribution in [0.5, 0.6) is 5.75 Å². The summed E-state index contributed by atoms with van der Waals surface area (Å²) in [7, 11) is 1.56. The molecule has 0 saturated carbocycles. The van der Waals surface area contributed by atoms with Crippen molar-refractivity contribution in [1.29, 1.82) is 0 Å². The zero-order valence-corrected chi connectivity index (χ0v) is 18.2. The molecule has 1 amide bonds. The lowest BCUT2D eigenvalue weighted by Crippen LogP contribution is -2.11. The van der Waals surface area contributed by atoms with Crippen molar-refractivity contribution >= 4 is 50.1 Å². The van der Waals surface area contributed by atoms with Crippen LogP contribution in [-0.4, -0.2) is 23.0 Å². The molecule has 0 radical (unpaired) electrons. The Bertz CT molecular complexity index is 1230. The van der Waals surface area contributed by atoms with Gasteiger partial charge in [0.1, 0.15) is 0 Å². The van der Waals surface area contributed by atoms with Crippen LogP contribution in [0.2, 0.25) is 0 Å². The second kappa shape index (κ2) is 8.16. The first-order valence-corrected chi connectivity index (χ1v) is 9.98. The Morgan fingerprint density at radius 1 is 1.03 bits per heavy atom. The van der Waals surface area contributed by atoms with Crippen molar-refractivity contribution in [2.75, 3.05) is 17.7 Å². The predicted molar refractivity (Wildman–Crippen MR) is 120 cm³/mol. The van der Waals surface area contributed by atoms with Crippen LogP contribution >= 0.6 is 15.9 Å². The molecule has 0 spiro atoms. The molecule has 0 aliphatic heterocycles. The highest BCUT2D eigenvalue weighted by molar-refractivity contribution is 9.10. The van der Waals surface area contributed by atoms with Gasteiger partial charge in [0.25, 0.3) is 5.91 Å². The Morgan fingerprint density at radius 3 is 2.50 bits per heavy atom. The van der Waals surface area contributed by atoms with E-state index in [9.17, 15) is 4.79 Å². The van der Waals surface area contributed by atoms with Crippen molar-refractivity contribution < 1.29 is 13.9 Å². The number of benzene rings is 2. The number of aromatic nitrogens is 2. The normalized spacial score (nSPS) is 10.8. The fourth-order valence-corrected chi connectivity index (χ4v) is 3.58. The molecule has 0 atom stereocenters. The van der Waals surface area contributed by atoms with Crippen LogP contribution < -0.4 is 15.4 Å². The molecule has 30 heavy (non-hydrogen) atoms. The van der Waals surface area contributed by atoms with Crippen LogP contribution in [-0.2, 0) is 0 Å². The molecule has 0 aliphatic rings. The summed E-state index contributed by atoms with van der Waals surface area (Å²) >= 11 is 3.43. The van der Waals surface area contributed by atoms with Crippen LogP contribution in [0.1, 0.15) is 21.9 Å². The summed E-state index contributed by atoms with van der Waals surface area (Å²) in [5.41, 5.74) is 3.65. The second-order valence-corrected chi connectivity index (χ2v) is 7.69. The van der Waals surface area contributed by atoms with E-state index >= 15 is 0 Å². The number of hydrogen-bond donors (Lipinski definition) is 2. The third kappa shape index (κ3) is 4.28. The summed E-state index contributed by atoms with van der Waals surface area (Å²) in [4.78, 5) is 21.5. The van der Waals surface area contributed by atoms with E-state index in [1.54, 1.807) is 31.4 Å². The number of fused-ring (bicyclic) bond motifs is 1. The maximum atomic E-state index is 12.7. The molecular formula is C22H19BrN4O3. The number of carbonyl (C=O) groups excluding carboxylic acids is 1. The monoisotopic (exact) mass is 466 g/mol. The molecule has 0 fully saturated rings. The number of nitrogens with one attached hydrogen (secondary N) is 2. The number of methoxy groups -OCH3 is 1. The molecule has 0 aliphatic carbocycles. The Balaban J connectivity index is 1.55. The maximum absolute atomic E-state index is 12.7. The number of carbonyl (C=O) groups is 1. The zero-order valence-electron chi connectivity index (χ0n) is 16.6. The Hall–Kier alpha value is -3.39. The summed E-state index contributed by atoms with van der Waals surface area (Å²) in [6, 6.07) is 14.6. The summed E-state index contributed by atoms with van der Waals surface area (Å²) < 4.78 is 11.9. The number of rotatable bonds is 5. The molecule has 0 bridgehead atoms. The van der Waals surface area contributed by atoms with Gasteiger partial charge in [-0.2, -0.15) is 0 Å². The van der Waals surface area contributed by atoms with Gasteiger partial charge in [-0.1, -0.05) is 22.0 Å². The fourth-order valence-electron chi connectivity index (χ4n) is 3.13. The van der Waals surface area contributed by atoms with Crippen LogP contribution in [0.15, 0.2) is 57.4 Å². The number of anilines is 3. The van der Waals surface area contributed by atoms with Gasteiger partial charge in [-0.05, 0) is 56.3 Å². The molecule has 0 saturated heterocycles. The van der Waals surface area contributed by atoms with Crippen molar-refractivity contribution in [1.82, 2.24) is 9.97 Å². The average Bonchev–Trinajstić information content (AvgIpc) is 3.11. The fraction of sp³-hybridized carbons (Fsp3) is 0.136. The molecule has 4 rings (SSSR count). The lowest BCUT2D eigenvalue weighted by Gasteiger charge is -2.09. The Morgan fingerprint density at radius 2 is 1.77 bits per heavy atom. The number of ether oxygens (including phenoxy) is 1. The molecule has 2 aromatic heterocycles. The minimum atomic E-state index is -0.357. The number of halogens is 1. The molecule has 2 heterocycles. The third-order valence-electron chi connectivity index (χ3n) is 4.35. The van der Waals surface area contributed by atoms with Crippen LogP contribution in [0.3, 0.4) is 0 Å². The van der Waals surface area contributed by atoms with Gasteiger partial charge in [0.15, 0.2) is 17.1 Å². The molecule has 7 nitrogen and oxygen atoms in total. The predicted octanol–water partition coefficient (Wildman–Crippen LogP) is 5.61. The molecule has 4 aromatic rings. The van der Waals surface area contributed by atoms with Gasteiger partial charge < -0.3 is 19.8 Å². The van der Waals surface area contributed by atoms with Gasteiger partial charge in [-0.15, -0.1) is 0 Å². The van der Waals surface area contributed by atoms with E-state index in [2.05, 4.69) is 36.5 Å². The first-order valence-electron chi connectivity index (χ1n) is 9.19. The Labute approximate surface area is 181 Å². The minimum absolute atomic E-state index is 0.192. The average molecular weight is 467 g/mol. The summed E-state index contributed by atoms with van der Waals surface area (Å²) in [6.45, 7) is 3.83. The van der Waals surface area contributed by atoms with Crippen molar-refractivity contribution in [3.8, 4) is 5.75 Å². The number of aryl methyl sites for hydroxylation is 2. The van der Waals surface area contributed by atoms with Gasteiger partial charge in [0.2, 0.25) is 5.95 Å². The van der Waals surface area contributed by atoms with E-state index in [0.29, 0.717) is 23.0 Å². The van der Waals surface area contributed by atoms with E-state index in [1.807, 2.05) is 38.1 Å². The molecule has 0 unspecified atom stereocenters. The number of nitrogens with zero attached hydrogens (tertiary/aromatic N) is 2. The first-order chi connectivity index (χ1) is 14.4. The van der Waals surface area contributed by atoms with E-state index in [0.717, 1.165) is 26.9 Å². The highest BCUT2D eigenvalue weighted by Crippen LogP contribution is 2.32. The van der Waals surface area contributed by atoms with E-state index in [-0.39, 0.29) is 11.7 Å². The van der Waals surface area contributed by atoms with Gasteiger partial charge >= 0.3 is 0 Å². The van der Waals surface area contributed by atoms with Gasteiger partial charge in [0, 0.05) is 32.6 Å². The summed E-state index contributed by atoms with van der Waals surface area (Å²) in [6.07, 6.45) is 0. The van der Waals surface area contributed by atoms with Crippen LogP contribution in [0.4, 0.5) is 17.3 Å². The van der Waals surface area contributed by atoms with Crippen molar-refractivity contribution in [3.05, 3.63) is 70.2 Å². The lowest BCUT2D eigenvalue weighted by molar-refractivity contribution is 0.0998. The number of furan rings is 1. The molecule has 8 heteroatoms. The molecule has 2 N–H and O–H groups in total. The summed E-state index contributed by atoms with van der Waals surface area (Å²) in [5, 5.41) is 6.79. The van der Waals surface area contributed by atoms with Gasteiger partial charge in [0.05, 0.1) is 7.11 Å². The maximum Gasteiger partial charge on any atom is 0.291 e. The zero-order chi connectivity index (χ0) is 21.3. The molecular weight excluding hydrogens is 448 g/mol. The standard InChI is InChI=1S/C22H19BrN4O3/c1-12-7-13(2)25-22(24-12)27-17-6-4-5-16(11-17)26-21(28)19-9-14-8-15(23)10-18(29-3)20(14)30-19/h4-11H,1-3H3,(H,26,28)(H,24,25,27). The van der Waals surface area contributed by atoms with E-state index < -0.39 is 0 Å². The van der Waals surface area contributed by atoms with Gasteiger partial charge in [-0.25, -0.2) is 9.97 Å². The van der Waals surface area contributed by atoms with Crippen LogP contribution in [0, 0.1) is 13.8 Å². The minimum Gasteiger partial charge on any atom is -0.493 e. The lowest BCUT2D eigenvalue weighted by atomic mass is 10.2. The highest BCUT2D eigenvalue weighted by atomic mass is 79.9. The van der Waals surface area contributed by atoms with Crippen molar-refractivity contribution in [3.63, 3.8) is 0 Å². The first kappa shape index (κ1) is 19.9. The highest BCUT2D eigenvalue weighted by Gasteiger charge is 2.16. The van der Waals surface area contributed by atoms with Crippen molar-refractivity contribution in [2.24, 2.45) is 0 Å². The Kier molecular flexibility index (Phi) is 5.41. The molecule has 152 valence electrons. The molecule has 2 aromatic carbocycles. The smallest absolute Gasteiger partial charge is 0.291 e. The van der Waals surface area contributed by atoms with Gasteiger partial charge in [-0.3, -0.25) is 4.79 Å². The van der Waals surface area contributed by atoms with E-state index in [1.165, 1.54) is 0 Å². The van der Waals surface area contributed by atoms with Crippen LogP contribution in [0.25, 0.3) is 11.0 Å². The number of amides is 1.